The second-order valence-electron chi connectivity index (χ2n) is 14.8. The summed E-state index contributed by atoms with van der Waals surface area (Å²) in [5.41, 5.74) is 0. The first-order valence-corrected chi connectivity index (χ1v) is 21.5. The van der Waals surface area contributed by atoms with E-state index in [1.165, 1.54) is 77.0 Å². The second kappa shape index (κ2) is 35.3. The highest BCUT2D eigenvalue weighted by Gasteiger charge is 2.44. The summed E-state index contributed by atoms with van der Waals surface area (Å²) in [6.07, 6.45) is 39.2. The van der Waals surface area contributed by atoms with E-state index in [4.69, 9.17) is 9.47 Å². The minimum atomic E-state index is -1.56. The number of amides is 1. The van der Waals surface area contributed by atoms with Crippen LogP contribution in [-0.2, 0) is 14.3 Å². The van der Waals surface area contributed by atoms with Gasteiger partial charge in [-0.3, -0.25) is 4.79 Å². The molecule has 7 unspecified atom stereocenters. The molecule has 0 radical (unpaired) electrons. The van der Waals surface area contributed by atoms with Gasteiger partial charge in [0.15, 0.2) is 6.29 Å². The van der Waals surface area contributed by atoms with Crippen molar-refractivity contribution in [2.75, 3.05) is 13.2 Å². The van der Waals surface area contributed by atoms with E-state index in [0.29, 0.717) is 6.42 Å². The molecule has 1 aliphatic rings. The molecule has 1 aliphatic heterocycles. The maximum absolute atomic E-state index is 12.8. The average Bonchev–Trinajstić information content (AvgIpc) is 3.17. The molecule has 0 saturated carbocycles. The molecule has 7 atom stereocenters. The Labute approximate surface area is 328 Å². The van der Waals surface area contributed by atoms with Crippen molar-refractivity contribution >= 4 is 5.91 Å². The molecule has 0 aliphatic carbocycles. The van der Waals surface area contributed by atoms with Gasteiger partial charge < -0.3 is 40.3 Å². The van der Waals surface area contributed by atoms with E-state index in [-0.39, 0.29) is 12.5 Å². The summed E-state index contributed by atoms with van der Waals surface area (Å²) in [4.78, 5) is 12.8. The van der Waals surface area contributed by atoms with Gasteiger partial charge in [0, 0.05) is 6.42 Å². The van der Waals surface area contributed by atoms with Gasteiger partial charge in [-0.15, -0.1) is 0 Å². The van der Waals surface area contributed by atoms with Crippen LogP contribution in [0.3, 0.4) is 0 Å². The Bertz CT molecular complexity index is 1030. The van der Waals surface area contributed by atoms with Gasteiger partial charge in [0.1, 0.15) is 24.4 Å². The van der Waals surface area contributed by atoms with Crippen molar-refractivity contribution in [1.29, 1.82) is 0 Å². The summed E-state index contributed by atoms with van der Waals surface area (Å²) in [5, 5.41) is 53.5. The monoisotopic (exact) mass is 762 g/mol. The third-order valence-electron chi connectivity index (χ3n) is 9.85. The smallest absolute Gasteiger partial charge is 0.220 e. The van der Waals surface area contributed by atoms with Gasteiger partial charge in [-0.25, -0.2) is 0 Å². The van der Waals surface area contributed by atoms with Crippen LogP contribution in [0.2, 0.25) is 0 Å². The van der Waals surface area contributed by atoms with Crippen molar-refractivity contribution in [3.63, 3.8) is 0 Å². The lowest BCUT2D eigenvalue weighted by Gasteiger charge is -2.40. The average molecular weight is 762 g/mol. The quantitative estimate of drug-likeness (QED) is 0.0283. The van der Waals surface area contributed by atoms with Crippen molar-refractivity contribution in [3.05, 3.63) is 60.8 Å². The van der Waals surface area contributed by atoms with Gasteiger partial charge >= 0.3 is 0 Å². The molecule has 0 bridgehead atoms. The lowest BCUT2D eigenvalue weighted by Crippen LogP contribution is -2.60. The minimum absolute atomic E-state index is 0.190. The molecule has 312 valence electrons. The lowest BCUT2D eigenvalue weighted by atomic mass is 9.99. The Morgan fingerprint density at radius 3 is 1.69 bits per heavy atom. The van der Waals surface area contributed by atoms with Crippen LogP contribution < -0.4 is 5.32 Å². The summed E-state index contributed by atoms with van der Waals surface area (Å²) in [5.74, 6) is -0.190. The largest absolute Gasteiger partial charge is 0.394 e. The first-order chi connectivity index (χ1) is 26.3. The molecule has 1 saturated heterocycles. The Morgan fingerprint density at radius 1 is 0.648 bits per heavy atom. The van der Waals surface area contributed by atoms with Crippen LogP contribution in [0.25, 0.3) is 0 Å². The van der Waals surface area contributed by atoms with Crippen molar-refractivity contribution in [3.8, 4) is 0 Å². The topological polar surface area (TPSA) is 149 Å². The number of hydrogen-bond donors (Lipinski definition) is 6. The molecule has 1 amide bonds. The number of carbonyl (C=O) groups excluding carboxylic acids is 1. The highest BCUT2D eigenvalue weighted by molar-refractivity contribution is 5.76. The highest BCUT2D eigenvalue weighted by Crippen LogP contribution is 2.22. The van der Waals surface area contributed by atoms with Crippen molar-refractivity contribution in [2.45, 2.75) is 204 Å². The fraction of sp³-hybridized carbons (Fsp3) is 0.756. The Morgan fingerprint density at radius 2 is 1.15 bits per heavy atom. The SMILES string of the molecule is CC/C=C\C/C=C\C/C=C\C/C=C\CCCCCCCCCCCCCCCCC(=O)NC(COC1OC(CO)C(O)C(O)C1O)C(O)/C=C/CCCC. The maximum atomic E-state index is 12.8. The van der Waals surface area contributed by atoms with E-state index in [2.05, 4.69) is 67.8 Å². The number of aliphatic hydroxyl groups is 5. The molecule has 9 nitrogen and oxygen atoms in total. The Balaban J connectivity index is 2.10. The zero-order valence-corrected chi connectivity index (χ0v) is 34.0. The number of rotatable bonds is 34. The van der Waals surface area contributed by atoms with Crippen molar-refractivity contribution in [1.82, 2.24) is 5.32 Å². The van der Waals surface area contributed by atoms with Gasteiger partial charge in [-0.05, 0) is 51.4 Å². The van der Waals surface area contributed by atoms with Gasteiger partial charge in [-0.1, -0.05) is 164 Å². The van der Waals surface area contributed by atoms with E-state index >= 15 is 0 Å². The van der Waals surface area contributed by atoms with Crippen LogP contribution in [0.15, 0.2) is 60.8 Å². The molecule has 1 rings (SSSR count). The van der Waals surface area contributed by atoms with Crippen LogP contribution in [0, 0.1) is 0 Å². The second-order valence-corrected chi connectivity index (χ2v) is 14.8. The predicted octanol–water partition coefficient (Wildman–Crippen LogP) is 8.44. The van der Waals surface area contributed by atoms with Crippen LogP contribution in [0.4, 0.5) is 0 Å². The number of hydrogen-bond acceptors (Lipinski definition) is 8. The zero-order chi connectivity index (χ0) is 39.5. The molecule has 9 heteroatoms. The van der Waals surface area contributed by atoms with Crippen LogP contribution in [-0.4, -0.2) is 87.5 Å². The normalized spacial score (nSPS) is 22.1. The summed E-state index contributed by atoms with van der Waals surface area (Å²) in [6.45, 7) is 3.49. The van der Waals surface area contributed by atoms with E-state index in [9.17, 15) is 30.3 Å². The molecule has 6 N–H and O–H groups in total. The van der Waals surface area contributed by atoms with Crippen LogP contribution in [0.1, 0.15) is 162 Å². The third kappa shape index (κ3) is 25.9. The van der Waals surface area contributed by atoms with E-state index in [1.54, 1.807) is 6.08 Å². The number of carbonyl (C=O) groups is 1. The molecule has 0 aromatic carbocycles. The minimum Gasteiger partial charge on any atom is -0.394 e. The number of nitrogens with one attached hydrogen (secondary N) is 1. The molecule has 1 fully saturated rings. The molecule has 1 heterocycles. The van der Waals surface area contributed by atoms with E-state index in [1.807, 2.05) is 6.08 Å². The van der Waals surface area contributed by atoms with Gasteiger partial charge in [0.05, 0.1) is 25.4 Å². The summed E-state index contributed by atoms with van der Waals surface area (Å²) in [6, 6.07) is -0.802. The van der Waals surface area contributed by atoms with Gasteiger partial charge in [0.2, 0.25) is 5.91 Å². The fourth-order valence-electron chi connectivity index (χ4n) is 6.37. The summed E-state index contributed by atoms with van der Waals surface area (Å²) in [7, 11) is 0. The zero-order valence-electron chi connectivity index (χ0n) is 34.0. The van der Waals surface area contributed by atoms with Gasteiger partial charge in [-0.2, -0.15) is 0 Å². The first kappa shape index (κ1) is 49.9. The number of aliphatic hydroxyl groups excluding tert-OH is 5. The summed E-state index contributed by atoms with van der Waals surface area (Å²) >= 11 is 0. The van der Waals surface area contributed by atoms with E-state index in [0.717, 1.165) is 64.2 Å². The lowest BCUT2D eigenvalue weighted by molar-refractivity contribution is -0.302. The standard InChI is InChI=1S/C45H79NO8/c1-3-5-7-9-10-11-12-13-14-15-16-17-18-19-20-21-22-23-24-25-26-27-28-29-30-31-33-35-41(49)46-38(39(48)34-32-8-6-4-2)37-53-45-44(52)43(51)42(50)40(36-47)54-45/h5,7,10-11,13-14,16-17,32,34,38-40,42-45,47-48,50-52H,3-4,6,8-9,12,15,18-31,33,35-37H2,1-2H3,(H,46,49)/b7-5-,11-10-,14-13-,17-16-,34-32+. The molecule has 0 aromatic heterocycles. The molecule has 54 heavy (non-hydrogen) atoms. The predicted molar refractivity (Wildman–Crippen MR) is 221 cm³/mol. The first-order valence-electron chi connectivity index (χ1n) is 21.5. The van der Waals surface area contributed by atoms with Crippen molar-refractivity contribution < 1.29 is 39.8 Å². The Kier molecular flexibility index (Phi) is 32.6. The van der Waals surface area contributed by atoms with E-state index < -0.39 is 49.5 Å². The van der Waals surface area contributed by atoms with Crippen molar-refractivity contribution in [2.24, 2.45) is 0 Å². The molecule has 0 spiro atoms. The summed E-state index contributed by atoms with van der Waals surface area (Å²) < 4.78 is 11.1. The molecule has 0 aromatic rings. The number of unbranched alkanes of at least 4 members (excludes halogenated alkanes) is 16. The van der Waals surface area contributed by atoms with Crippen LogP contribution in [0.5, 0.6) is 0 Å². The highest BCUT2D eigenvalue weighted by atomic mass is 16.7. The number of ether oxygens (including phenoxy) is 2. The van der Waals surface area contributed by atoms with Gasteiger partial charge in [0.25, 0.3) is 0 Å². The maximum Gasteiger partial charge on any atom is 0.220 e. The third-order valence-corrected chi connectivity index (χ3v) is 9.85. The number of allylic oxidation sites excluding steroid dienone is 9. The molecular weight excluding hydrogens is 682 g/mol. The Hall–Kier alpha value is -2.11. The molecular formula is C45H79NO8. The van der Waals surface area contributed by atoms with Crippen LogP contribution >= 0.6 is 0 Å². The fourth-order valence-corrected chi connectivity index (χ4v) is 6.37.